The van der Waals surface area contributed by atoms with E-state index in [4.69, 9.17) is 10.3 Å². The molecule has 0 aliphatic carbocycles. The predicted molar refractivity (Wildman–Crippen MR) is 67.6 cm³/mol. The maximum absolute atomic E-state index is 12.8. The molecule has 2 N–H and O–H groups in total. The SMILES string of the molecule is NC1CCN(Cc2nc(-c3ccc(F)cc3)no2)C1. The Morgan fingerprint density at radius 2 is 2.16 bits per heavy atom. The number of rotatable bonds is 3. The number of nitrogens with two attached hydrogens (primary N) is 1. The standard InChI is InChI=1S/C13H15FN4O/c14-10-3-1-9(2-4-10)13-16-12(19-17-13)8-18-6-5-11(15)7-18/h1-4,11H,5-8,15H2. The molecular formula is C13H15FN4O. The summed E-state index contributed by atoms with van der Waals surface area (Å²) in [5.41, 5.74) is 6.59. The largest absolute Gasteiger partial charge is 0.338 e. The molecule has 5 nitrogen and oxygen atoms in total. The summed E-state index contributed by atoms with van der Waals surface area (Å²) in [7, 11) is 0. The van der Waals surface area contributed by atoms with Gasteiger partial charge in [0.15, 0.2) is 0 Å². The molecule has 2 heterocycles. The Bertz CT molecular complexity index is 554. The first-order valence-electron chi connectivity index (χ1n) is 6.27. The Labute approximate surface area is 110 Å². The fourth-order valence-electron chi connectivity index (χ4n) is 2.23. The minimum Gasteiger partial charge on any atom is -0.338 e. The van der Waals surface area contributed by atoms with E-state index in [2.05, 4.69) is 15.0 Å². The lowest BCUT2D eigenvalue weighted by Crippen LogP contribution is -2.26. The van der Waals surface area contributed by atoms with E-state index in [9.17, 15) is 4.39 Å². The van der Waals surface area contributed by atoms with Crippen molar-refractivity contribution >= 4 is 0 Å². The smallest absolute Gasteiger partial charge is 0.241 e. The Hall–Kier alpha value is -1.79. The molecule has 1 aromatic carbocycles. The van der Waals surface area contributed by atoms with Crippen molar-refractivity contribution in [3.05, 3.63) is 36.0 Å². The zero-order chi connectivity index (χ0) is 13.2. The van der Waals surface area contributed by atoms with Gasteiger partial charge < -0.3 is 10.3 Å². The lowest BCUT2D eigenvalue weighted by Gasteiger charge is -2.10. The van der Waals surface area contributed by atoms with Crippen LogP contribution in [0.2, 0.25) is 0 Å². The van der Waals surface area contributed by atoms with Crippen molar-refractivity contribution in [2.45, 2.75) is 19.0 Å². The quantitative estimate of drug-likeness (QED) is 0.905. The highest BCUT2D eigenvalue weighted by atomic mass is 19.1. The minimum atomic E-state index is -0.279. The van der Waals surface area contributed by atoms with Crippen molar-refractivity contribution in [1.29, 1.82) is 0 Å². The van der Waals surface area contributed by atoms with Gasteiger partial charge in [-0.05, 0) is 30.7 Å². The van der Waals surface area contributed by atoms with Gasteiger partial charge >= 0.3 is 0 Å². The topological polar surface area (TPSA) is 68.2 Å². The fraction of sp³-hybridized carbons (Fsp3) is 0.385. The van der Waals surface area contributed by atoms with Gasteiger partial charge in [0.25, 0.3) is 0 Å². The summed E-state index contributed by atoms with van der Waals surface area (Å²) in [6.45, 7) is 2.42. The molecule has 19 heavy (non-hydrogen) atoms. The van der Waals surface area contributed by atoms with Crippen molar-refractivity contribution in [1.82, 2.24) is 15.0 Å². The lowest BCUT2D eigenvalue weighted by molar-refractivity contribution is 0.265. The van der Waals surface area contributed by atoms with Gasteiger partial charge in [0.1, 0.15) is 5.82 Å². The van der Waals surface area contributed by atoms with Crippen molar-refractivity contribution in [2.24, 2.45) is 5.73 Å². The average molecular weight is 262 g/mol. The van der Waals surface area contributed by atoms with Crippen molar-refractivity contribution in [3.63, 3.8) is 0 Å². The van der Waals surface area contributed by atoms with Crippen molar-refractivity contribution in [2.75, 3.05) is 13.1 Å². The number of hydrogen-bond donors (Lipinski definition) is 1. The summed E-state index contributed by atoms with van der Waals surface area (Å²) in [6.07, 6.45) is 0.999. The molecule has 1 aliphatic heterocycles. The molecule has 1 aromatic heterocycles. The molecule has 2 aromatic rings. The van der Waals surface area contributed by atoms with E-state index in [1.807, 2.05) is 0 Å². The van der Waals surface area contributed by atoms with Gasteiger partial charge in [-0.1, -0.05) is 5.16 Å². The molecule has 1 fully saturated rings. The second-order valence-corrected chi connectivity index (χ2v) is 4.80. The number of halogens is 1. The first kappa shape index (κ1) is 12.3. The van der Waals surface area contributed by atoms with Gasteiger partial charge in [-0.2, -0.15) is 4.98 Å². The van der Waals surface area contributed by atoms with E-state index in [1.165, 1.54) is 12.1 Å². The third kappa shape index (κ3) is 2.80. The molecule has 0 bridgehead atoms. The van der Waals surface area contributed by atoms with Crippen LogP contribution in [0.3, 0.4) is 0 Å². The molecule has 0 spiro atoms. The highest BCUT2D eigenvalue weighted by Gasteiger charge is 2.21. The van der Waals surface area contributed by atoms with Crippen LogP contribution in [0.5, 0.6) is 0 Å². The van der Waals surface area contributed by atoms with Crippen molar-refractivity contribution < 1.29 is 8.91 Å². The van der Waals surface area contributed by atoms with Gasteiger partial charge in [-0.25, -0.2) is 4.39 Å². The van der Waals surface area contributed by atoms with E-state index in [1.54, 1.807) is 12.1 Å². The maximum Gasteiger partial charge on any atom is 0.241 e. The van der Waals surface area contributed by atoms with Crippen LogP contribution in [0.25, 0.3) is 11.4 Å². The van der Waals surface area contributed by atoms with E-state index in [0.29, 0.717) is 18.3 Å². The third-order valence-electron chi connectivity index (χ3n) is 3.24. The first-order chi connectivity index (χ1) is 9.20. The normalized spacial score (nSPS) is 20.0. The van der Waals surface area contributed by atoms with E-state index in [0.717, 1.165) is 25.1 Å². The second kappa shape index (κ2) is 5.07. The van der Waals surface area contributed by atoms with Crippen LogP contribution < -0.4 is 5.73 Å². The summed E-state index contributed by atoms with van der Waals surface area (Å²) in [5.74, 6) is 0.769. The number of likely N-dealkylation sites (tertiary alicyclic amines) is 1. The molecule has 0 amide bonds. The van der Waals surface area contributed by atoms with Crippen LogP contribution in [0.15, 0.2) is 28.8 Å². The monoisotopic (exact) mass is 262 g/mol. The average Bonchev–Trinajstić information content (AvgIpc) is 3.00. The maximum atomic E-state index is 12.8. The molecule has 3 rings (SSSR count). The van der Waals surface area contributed by atoms with Gasteiger partial charge in [-0.15, -0.1) is 0 Å². The molecule has 6 heteroatoms. The van der Waals surface area contributed by atoms with Crippen LogP contribution in [0.1, 0.15) is 12.3 Å². The summed E-state index contributed by atoms with van der Waals surface area (Å²) in [4.78, 5) is 6.50. The summed E-state index contributed by atoms with van der Waals surface area (Å²) < 4.78 is 18.0. The van der Waals surface area contributed by atoms with Gasteiger partial charge in [0.05, 0.1) is 6.54 Å². The Kier molecular flexibility index (Phi) is 3.27. The molecular weight excluding hydrogens is 247 g/mol. The van der Waals surface area contributed by atoms with Gasteiger partial charge in [0.2, 0.25) is 11.7 Å². The number of benzene rings is 1. The fourth-order valence-corrected chi connectivity index (χ4v) is 2.23. The molecule has 1 unspecified atom stereocenters. The highest BCUT2D eigenvalue weighted by molar-refractivity contribution is 5.53. The summed E-state index contributed by atoms with van der Waals surface area (Å²) in [5, 5.41) is 3.91. The van der Waals surface area contributed by atoms with Gasteiger partial charge in [0, 0.05) is 24.7 Å². The van der Waals surface area contributed by atoms with E-state index in [-0.39, 0.29) is 11.9 Å². The molecule has 0 saturated carbocycles. The molecule has 1 atom stereocenters. The highest BCUT2D eigenvalue weighted by Crippen LogP contribution is 2.17. The molecule has 1 aliphatic rings. The number of aromatic nitrogens is 2. The first-order valence-corrected chi connectivity index (χ1v) is 6.27. The van der Waals surface area contributed by atoms with Crippen LogP contribution >= 0.6 is 0 Å². The Morgan fingerprint density at radius 1 is 1.37 bits per heavy atom. The zero-order valence-electron chi connectivity index (χ0n) is 10.4. The van der Waals surface area contributed by atoms with E-state index >= 15 is 0 Å². The van der Waals surface area contributed by atoms with Crippen LogP contribution in [-0.4, -0.2) is 34.2 Å². The van der Waals surface area contributed by atoms with Crippen LogP contribution in [0.4, 0.5) is 4.39 Å². The van der Waals surface area contributed by atoms with Gasteiger partial charge in [-0.3, -0.25) is 4.90 Å². The van der Waals surface area contributed by atoms with Crippen LogP contribution in [0, 0.1) is 5.82 Å². The molecule has 0 radical (unpaired) electrons. The lowest BCUT2D eigenvalue weighted by atomic mass is 10.2. The second-order valence-electron chi connectivity index (χ2n) is 4.80. The van der Waals surface area contributed by atoms with Crippen LogP contribution in [-0.2, 0) is 6.54 Å². The predicted octanol–water partition coefficient (Wildman–Crippen LogP) is 1.41. The zero-order valence-corrected chi connectivity index (χ0v) is 10.4. The number of hydrogen-bond acceptors (Lipinski definition) is 5. The van der Waals surface area contributed by atoms with E-state index < -0.39 is 0 Å². The summed E-state index contributed by atoms with van der Waals surface area (Å²) in [6, 6.07) is 6.26. The summed E-state index contributed by atoms with van der Waals surface area (Å²) >= 11 is 0. The third-order valence-corrected chi connectivity index (χ3v) is 3.24. The van der Waals surface area contributed by atoms with Crippen molar-refractivity contribution in [3.8, 4) is 11.4 Å². The minimum absolute atomic E-state index is 0.236. The Morgan fingerprint density at radius 3 is 2.84 bits per heavy atom. The molecule has 1 saturated heterocycles. The number of nitrogens with zero attached hydrogens (tertiary/aromatic N) is 3. The Balaban J connectivity index is 1.71. The molecule has 100 valence electrons.